The number of nitrogens with zero attached hydrogens (tertiary/aromatic N) is 2. The number of fused-ring (bicyclic) bond motifs is 1. The van der Waals surface area contributed by atoms with Crippen LogP contribution in [0.25, 0.3) is 0 Å². The van der Waals surface area contributed by atoms with Gasteiger partial charge in [-0.25, -0.2) is 0 Å². The van der Waals surface area contributed by atoms with Gasteiger partial charge >= 0.3 is 0 Å². The predicted molar refractivity (Wildman–Crippen MR) is 89.2 cm³/mol. The van der Waals surface area contributed by atoms with Gasteiger partial charge in [-0.3, -0.25) is 4.68 Å². The third-order valence-electron chi connectivity index (χ3n) is 4.26. The van der Waals surface area contributed by atoms with E-state index in [0.29, 0.717) is 13.2 Å². The lowest BCUT2D eigenvalue weighted by Gasteiger charge is -2.26. The van der Waals surface area contributed by atoms with Gasteiger partial charge in [0.05, 0.1) is 25.4 Å². The molecular weight excluding hydrogens is 290 g/mol. The molecule has 1 heterocycles. The molecule has 0 radical (unpaired) electrons. The summed E-state index contributed by atoms with van der Waals surface area (Å²) in [5.74, 6) is 0. The third kappa shape index (κ3) is 4.64. The van der Waals surface area contributed by atoms with Crippen LogP contribution in [0.4, 0.5) is 0 Å². The van der Waals surface area contributed by atoms with Crippen LogP contribution in [0, 0.1) is 0 Å². The highest BCUT2D eigenvalue weighted by atomic mass is 16.5. The number of aromatic nitrogens is 2. The molecule has 0 saturated heterocycles. The van der Waals surface area contributed by atoms with Crippen LogP contribution in [-0.4, -0.2) is 40.7 Å². The van der Waals surface area contributed by atoms with Gasteiger partial charge in [-0.15, -0.1) is 0 Å². The van der Waals surface area contributed by atoms with E-state index >= 15 is 0 Å². The first-order valence-electron chi connectivity index (χ1n) is 8.38. The zero-order valence-electron chi connectivity index (χ0n) is 13.4. The number of benzene rings is 1. The molecule has 5 nitrogen and oxygen atoms in total. The maximum Gasteiger partial charge on any atom is 0.0897 e. The molecule has 1 aromatic carbocycles. The van der Waals surface area contributed by atoms with E-state index in [9.17, 15) is 5.11 Å². The fourth-order valence-corrected chi connectivity index (χ4v) is 3.06. The van der Waals surface area contributed by atoms with Crippen molar-refractivity contribution in [2.24, 2.45) is 0 Å². The Morgan fingerprint density at radius 2 is 2.26 bits per heavy atom. The van der Waals surface area contributed by atoms with Crippen molar-refractivity contribution in [3.05, 3.63) is 53.9 Å². The number of aryl methyl sites for hydroxylation is 1. The molecule has 1 aromatic heterocycles. The van der Waals surface area contributed by atoms with Crippen LogP contribution in [0.15, 0.2) is 42.7 Å². The Morgan fingerprint density at radius 1 is 1.35 bits per heavy atom. The number of nitrogens with one attached hydrogen (secondary N) is 1. The van der Waals surface area contributed by atoms with E-state index < -0.39 is 6.10 Å². The van der Waals surface area contributed by atoms with Gasteiger partial charge in [-0.1, -0.05) is 24.3 Å². The Morgan fingerprint density at radius 3 is 3.13 bits per heavy atom. The lowest BCUT2D eigenvalue weighted by atomic mass is 9.89. The minimum Gasteiger partial charge on any atom is -0.389 e. The van der Waals surface area contributed by atoms with E-state index in [4.69, 9.17) is 4.74 Å². The number of hydrogen-bond donors (Lipinski definition) is 2. The van der Waals surface area contributed by atoms with Gasteiger partial charge < -0.3 is 15.2 Å². The van der Waals surface area contributed by atoms with Gasteiger partial charge in [-0.05, 0) is 36.5 Å². The number of aliphatic hydroxyl groups is 1. The molecule has 0 fully saturated rings. The van der Waals surface area contributed by atoms with E-state index in [0.717, 1.165) is 32.4 Å². The van der Waals surface area contributed by atoms with Gasteiger partial charge in [-0.2, -0.15) is 5.10 Å². The summed E-state index contributed by atoms with van der Waals surface area (Å²) >= 11 is 0. The van der Waals surface area contributed by atoms with Crippen molar-refractivity contribution in [2.45, 2.75) is 38.0 Å². The second-order valence-electron chi connectivity index (χ2n) is 6.04. The SMILES string of the molecule is O[C@@H](CNCCn1cccn1)CO[C@H]1CCCc2ccccc21. The summed E-state index contributed by atoms with van der Waals surface area (Å²) < 4.78 is 7.84. The van der Waals surface area contributed by atoms with Crippen LogP contribution >= 0.6 is 0 Å². The topological polar surface area (TPSA) is 59.3 Å². The van der Waals surface area contributed by atoms with Crippen molar-refractivity contribution < 1.29 is 9.84 Å². The van der Waals surface area contributed by atoms with Gasteiger partial charge in [0, 0.05) is 25.5 Å². The Bertz CT molecular complexity index is 586. The van der Waals surface area contributed by atoms with Gasteiger partial charge in [0.15, 0.2) is 0 Å². The van der Waals surface area contributed by atoms with Crippen LogP contribution in [-0.2, 0) is 17.7 Å². The average molecular weight is 315 g/mol. The lowest BCUT2D eigenvalue weighted by Crippen LogP contribution is -2.33. The van der Waals surface area contributed by atoms with Crippen LogP contribution < -0.4 is 5.32 Å². The molecule has 2 N–H and O–H groups in total. The first-order valence-corrected chi connectivity index (χ1v) is 8.38. The first-order chi connectivity index (χ1) is 11.3. The summed E-state index contributed by atoms with van der Waals surface area (Å²) in [5, 5.41) is 17.5. The molecule has 23 heavy (non-hydrogen) atoms. The Balaban J connectivity index is 1.37. The van der Waals surface area contributed by atoms with Crippen molar-refractivity contribution in [3.8, 4) is 0 Å². The monoisotopic (exact) mass is 315 g/mol. The molecule has 1 aliphatic carbocycles. The number of aliphatic hydroxyl groups excluding tert-OH is 1. The van der Waals surface area contributed by atoms with Crippen molar-refractivity contribution in [1.29, 1.82) is 0 Å². The summed E-state index contributed by atoms with van der Waals surface area (Å²) in [5.41, 5.74) is 2.67. The molecule has 0 saturated carbocycles. The maximum atomic E-state index is 10.1. The number of ether oxygens (including phenoxy) is 1. The zero-order valence-corrected chi connectivity index (χ0v) is 13.4. The van der Waals surface area contributed by atoms with E-state index in [-0.39, 0.29) is 6.10 Å². The van der Waals surface area contributed by atoms with Gasteiger partial charge in [0.25, 0.3) is 0 Å². The van der Waals surface area contributed by atoms with Crippen LogP contribution in [0.1, 0.15) is 30.1 Å². The normalized spacial score (nSPS) is 18.6. The maximum absolute atomic E-state index is 10.1. The molecule has 0 spiro atoms. The van der Waals surface area contributed by atoms with Gasteiger partial charge in [0.2, 0.25) is 0 Å². The summed E-state index contributed by atoms with van der Waals surface area (Å²) in [6.45, 7) is 2.49. The molecule has 3 rings (SSSR count). The van der Waals surface area contributed by atoms with Crippen molar-refractivity contribution in [2.75, 3.05) is 19.7 Å². The summed E-state index contributed by atoms with van der Waals surface area (Å²) in [6.07, 6.45) is 6.66. The standard InChI is InChI=1S/C18H25N3O2/c22-16(13-19-10-12-21-11-4-9-20-21)14-23-18-8-3-6-15-5-1-2-7-17(15)18/h1-2,4-5,7,9,11,16,18-19,22H,3,6,8,10,12-14H2/t16-,18-/m0/s1. The number of rotatable bonds is 8. The fraction of sp³-hybridized carbons (Fsp3) is 0.500. The minimum atomic E-state index is -0.485. The Labute approximate surface area is 137 Å². The molecular formula is C18H25N3O2. The predicted octanol–water partition coefficient (Wildman–Crippen LogP) is 1.93. The minimum absolute atomic E-state index is 0.124. The average Bonchev–Trinajstić information content (AvgIpc) is 3.10. The summed E-state index contributed by atoms with van der Waals surface area (Å²) in [7, 11) is 0. The Kier molecular flexibility index (Phi) is 5.80. The highest BCUT2D eigenvalue weighted by Gasteiger charge is 2.21. The van der Waals surface area contributed by atoms with E-state index in [2.05, 4.69) is 34.7 Å². The summed E-state index contributed by atoms with van der Waals surface area (Å²) in [4.78, 5) is 0. The van der Waals surface area contributed by atoms with E-state index in [1.807, 2.05) is 16.9 Å². The van der Waals surface area contributed by atoms with E-state index in [1.54, 1.807) is 6.20 Å². The van der Waals surface area contributed by atoms with Crippen molar-refractivity contribution >= 4 is 0 Å². The third-order valence-corrected chi connectivity index (χ3v) is 4.26. The molecule has 2 aromatic rings. The highest BCUT2D eigenvalue weighted by Crippen LogP contribution is 2.32. The summed E-state index contributed by atoms with van der Waals surface area (Å²) in [6, 6.07) is 10.4. The van der Waals surface area contributed by atoms with Crippen LogP contribution in [0.2, 0.25) is 0 Å². The van der Waals surface area contributed by atoms with Crippen molar-refractivity contribution in [3.63, 3.8) is 0 Å². The smallest absolute Gasteiger partial charge is 0.0897 e. The second kappa shape index (κ2) is 8.24. The fourth-order valence-electron chi connectivity index (χ4n) is 3.06. The van der Waals surface area contributed by atoms with E-state index in [1.165, 1.54) is 11.1 Å². The molecule has 0 aliphatic heterocycles. The van der Waals surface area contributed by atoms with Gasteiger partial charge in [0.1, 0.15) is 0 Å². The second-order valence-corrected chi connectivity index (χ2v) is 6.04. The molecule has 0 bridgehead atoms. The Hall–Kier alpha value is -1.69. The molecule has 0 amide bonds. The molecule has 124 valence electrons. The van der Waals surface area contributed by atoms with Crippen molar-refractivity contribution in [1.82, 2.24) is 15.1 Å². The highest BCUT2D eigenvalue weighted by molar-refractivity contribution is 5.31. The molecule has 2 atom stereocenters. The lowest BCUT2D eigenvalue weighted by molar-refractivity contribution is -0.0167. The first kappa shape index (κ1) is 16.2. The molecule has 5 heteroatoms. The van der Waals surface area contributed by atoms with Crippen LogP contribution in [0.3, 0.4) is 0 Å². The molecule has 0 unspecified atom stereocenters. The van der Waals surface area contributed by atoms with Crippen LogP contribution in [0.5, 0.6) is 0 Å². The zero-order chi connectivity index (χ0) is 15.9. The quantitative estimate of drug-likeness (QED) is 0.731. The number of hydrogen-bond acceptors (Lipinski definition) is 4. The molecule has 1 aliphatic rings. The largest absolute Gasteiger partial charge is 0.389 e.